The molecule has 0 atom stereocenters. The third kappa shape index (κ3) is 9.95. The van der Waals surface area contributed by atoms with E-state index in [1.54, 1.807) is 0 Å². The van der Waals surface area contributed by atoms with E-state index in [9.17, 15) is 5.26 Å². The second-order valence-electron chi connectivity index (χ2n) is 22.9. The van der Waals surface area contributed by atoms with Gasteiger partial charge in [0.25, 0.3) is 0 Å². The van der Waals surface area contributed by atoms with Crippen LogP contribution in [0.1, 0.15) is 5.56 Å². The number of hydrogen-bond donors (Lipinski definition) is 0. The van der Waals surface area contributed by atoms with Crippen LogP contribution < -0.4 is 0 Å². The summed E-state index contributed by atoms with van der Waals surface area (Å²) >= 11 is 0. The van der Waals surface area contributed by atoms with Crippen molar-refractivity contribution in [1.82, 2.24) is 54.0 Å². The summed E-state index contributed by atoms with van der Waals surface area (Å²) < 4.78 is 4.62. The van der Waals surface area contributed by atoms with Gasteiger partial charge in [-0.2, -0.15) is 5.26 Å². The molecule has 0 amide bonds. The molecule has 5 heterocycles. The minimum absolute atomic E-state index is 0.497. The molecular formula is C82H50N12. The van der Waals surface area contributed by atoms with Crippen molar-refractivity contribution in [2.75, 3.05) is 0 Å². The zero-order chi connectivity index (χ0) is 62.5. The van der Waals surface area contributed by atoms with Crippen molar-refractivity contribution in [1.29, 1.82) is 5.26 Å². The maximum absolute atomic E-state index is 10.9. The summed E-state index contributed by atoms with van der Waals surface area (Å²) in [6.07, 6.45) is 0. The van der Waals surface area contributed by atoms with E-state index in [2.05, 4.69) is 124 Å². The molecule has 0 N–H and O–H groups in total. The molecule has 17 aromatic rings. The summed E-state index contributed by atoms with van der Waals surface area (Å²) in [5.74, 6) is 5.02. The Morgan fingerprint density at radius 1 is 0.213 bits per heavy atom. The molecule has 0 unspecified atom stereocenters. The first-order valence-electron chi connectivity index (χ1n) is 30.9. The van der Waals surface area contributed by atoms with E-state index in [1.807, 2.05) is 194 Å². The summed E-state index contributed by atoms with van der Waals surface area (Å²) in [5.41, 5.74) is 15.4. The number of benzene rings is 12. The molecule has 12 heteroatoms. The lowest BCUT2D eigenvalue weighted by Gasteiger charge is -2.20. The summed E-state index contributed by atoms with van der Waals surface area (Å²) in [7, 11) is 0. The van der Waals surface area contributed by atoms with Gasteiger partial charge in [0.1, 0.15) is 0 Å². The minimum atomic E-state index is 0.497. The van der Waals surface area contributed by atoms with Crippen LogP contribution in [0, 0.1) is 11.3 Å². The van der Waals surface area contributed by atoms with Gasteiger partial charge in [-0.3, -0.25) is 0 Å². The minimum Gasteiger partial charge on any atom is -0.309 e. The van der Waals surface area contributed by atoms with E-state index in [-0.39, 0.29) is 0 Å². The molecule has 94 heavy (non-hydrogen) atoms. The summed E-state index contributed by atoms with van der Waals surface area (Å²) in [4.78, 5) is 46.2. The highest BCUT2D eigenvalue weighted by molar-refractivity contribution is 6.13. The number of nitrogens with zero attached hydrogens (tertiary/aromatic N) is 12. The number of fused-ring (bicyclic) bond motifs is 6. The van der Waals surface area contributed by atoms with Gasteiger partial charge in [0.05, 0.1) is 45.1 Å². The van der Waals surface area contributed by atoms with Crippen molar-refractivity contribution >= 4 is 43.6 Å². The van der Waals surface area contributed by atoms with Crippen LogP contribution in [0.25, 0.3) is 169 Å². The fourth-order valence-electron chi connectivity index (χ4n) is 12.7. The van der Waals surface area contributed by atoms with Gasteiger partial charge in [0.15, 0.2) is 52.4 Å². The van der Waals surface area contributed by atoms with E-state index in [1.165, 1.54) is 0 Å². The van der Waals surface area contributed by atoms with E-state index in [0.717, 1.165) is 116 Å². The molecule has 0 spiro atoms. The molecule has 5 aromatic heterocycles. The summed E-state index contributed by atoms with van der Waals surface area (Å²) in [6.45, 7) is 0. The van der Waals surface area contributed by atoms with Gasteiger partial charge in [0.2, 0.25) is 0 Å². The van der Waals surface area contributed by atoms with Crippen molar-refractivity contribution in [3.8, 4) is 131 Å². The predicted molar refractivity (Wildman–Crippen MR) is 374 cm³/mol. The van der Waals surface area contributed by atoms with Crippen LogP contribution in [0.2, 0.25) is 0 Å². The Balaban J connectivity index is 0.899. The van der Waals surface area contributed by atoms with Crippen LogP contribution in [0.4, 0.5) is 0 Å². The molecule has 0 saturated carbocycles. The molecule has 17 rings (SSSR count). The van der Waals surface area contributed by atoms with Crippen LogP contribution >= 0.6 is 0 Å². The molecule has 12 nitrogen and oxygen atoms in total. The maximum Gasteiger partial charge on any atom is 0.164 e. The third-order valence-corrected chi connectivity index (χ3v) is 17.1. The van der Waals surface area contributed by atoms with E-state index >= 15 is 0 Å². The lowest BCUT2D eigenvalue weighted by atomic mass is 9.96. The molecule has 0 aliphatic rings. The largest absolute Gasteiger partial charge is 0.309 e. The average Bonchev–Trinajstić information content (AvgIpc) is 1.57. The normalized spacial score (nSPS) is 11.4. The molecule has 12 aromatic carbocycles. The van der Waals surface area contributed by atoms with Gasteiger partial charge in [-0.25, -0.2) is 44.9 Å². The standard InChI is InChI=1S/C82H50N12/c83-51-52-39-43-64(73(47-52)94-69-38-22-20-36-63(69)66-49-60(42-46-72(66)94)81-89-76(55-27-11-3-12-28-55)85-77(90-81)56-29-13-4-14-30-56)67-50-61(82-91-78(57-31-15-5-16-32-57)86-79(92-82)58-33-17-6-18-34-58)41-45-71(67)93-68-37-21-19-35-62(68)65-48-59(40-44-70(65)93)80-87-74(53-23-7-1-8-24-53)84-75(88-80)54-25-9-2-10-26-54/h1-50H. The van der Waals surface area contributed by atoms with Gasteiger partial charge < -0.3 is 9.13 Å². The van der Waals surface area contributed by atoms with Crippen molar-refractivity contribution in [2.45, 2.75) is 0 Å². The Kier molecular flexibility index (Phi) is 13.6. The van der Waals surface area contributed by atoms with Gasteiger partial charge in [0, 0.05) is 82.7 Å². The van der Waals surface area contributed by atoms with Gasteiger partial charge in [-0.1, -0.05) is 224 Å². The first-order chi connectivity index (χ1) is 46.5. The molecule has 0 fully saturated rings. The van der Waals surface area contributed by atoms with E-state index < -0.39 is 0 Å². The smallest absolute Gasteiger partial charge is 0.164 e. The van der Waals surface area contributed by atoms with Crippen molar-refractivity contribution in [3.05, 3.63) is 309 Å². The number of rotatable bonds is 12. The van der Waals surface area contributed by atoms with Gasteiger partial charge >= 0.3 is 0 Å². The Labute approximate surface area is 539 Å². The SMILES string of the molecule is N#Cc1ccc(-c2cc(-c3nc(-c4ccccc4)nc(-c4ccccc4)n3)ccc2-n2c3ccccc3c3cc(-c4nc(-c5ccccc5)nc(-c5ccccc5)n4)ccc32)c(-n2c3ccccc3c3cc(-c4nc(-c5ccccc5)nc(-c5ccccc5)n4)ccc32)c1. The molecule has 0 bridgehead atoms. The Morgan fingerprint density at radius 2 is 0.500 bits per heavy atom. The highest BCUT2D eigenvalue weighted by atomic mass is 15.1. The van der Waals surface area contributed by atoms with Crippen LogP contribution in [-0.2, 0) is 0 Å². The van der Waals surface area contributed by atoms with Crippen molar-refractivity contribution in [3.63, 3.8) is 0 Å². The number of aromatic nitrogens is 11. The van der Waals surface area contributed by atoms with Crippen LogP contribution in [0.15, 0.2) is 303 Å². The van der Waals surface area contributed by atoms with Gasteiger partial charge in [-0.05, 0) is 78.9 Å². The average molecular weight is 1200 g/mol. The molecule has 438 valence electrons. The number of hydrogen-bond acceptors (Lipinski definition) is 10. The van der Waals surface area contributed by atoms with E-state index in [4.69, 9.17) is 44.9 Å². The summed E-state index contributed by atoms with van der Waals surface area (Å²) in [6, 6.07) is 105. The lowest BCUT2D eigenvalue weighted by Crippen LogP contribution is -2.04. The second kappa shape index (κ2) is 23.3. The monoisotopic (exact) mass is 1200 g/mol. The maximum atomic E-state index is 10.9. The zero-order valence-electron chi connectivity index (χ0n) is 50.2. The zero-order valence-corrected chi connectivity index (χ0v) is 50.2. The molecule has 0 aliphatic heterocycles. The quantitative estimate of drug-likeness (QED) is 0.116. The second-order valence-corrected chi connectivity index (χ2v) is 22.9. The first-order valence-corrected chi connectivity index (χ1v) is 30.9. The first kappa shape index (κ1) is 54.9. The Bertz CT molecular complexity index is 5620. The Morgan fingerprint density at radius 3 is 0.851 bits per heavy atom. The highest BCUT2D eigenvalue weighted by Crippen LogP contribution is 2.44. The molecular weight excluding hydrogens is 1150 g/mol. The lowest BCUT2D eigenvalue weighted by molar-refractivity contribution is 1.07. The number of para-hydroxylation sites is 2. The van der Waals surface area contributed by atoms with Crippen LogP contribution in [0.3, 0.4) is 0 Å². The van der Waals surface area contributed by atoms with Crippen LogP contribution in [0.5, 0.6) is 0 Å². The summed E-state index contributed by atoms with van der Waals surface area (Å²) in [5, 5.41) is 15.0. The molecule has 0 radical (unpaired) electrons. The van der Waals surface area contributed by atoms with Gasteiger partial charge in [-0.15, -0.1) is 0 Å². The van der Waals surface area contributed by atoms with Crippen molar-refractivity contribution < 1.29 is 0 Å². The Hall–Kier alpha value is -13.2. The highest BCUT2D eigenvalue weighted by Gasteiger charge is 2.25. The fraction of sp³-hybridized carbons (Fsp3) is 0. The molecule has 0 saturated heterocycles. The number of nitriles is 1. The third-order valence-electron chi connectivity index (χ3n) is 17.1. The van der Waals surface area contributed by atoms with E-state index in [0.29, 0.717) is 58.0 Å². The van der Waals surface area contributed by atoms with Crippen LogP contribution in [-0.4, -0.2) is 54.0 Å². The molecule has 0 aliphatic carbocycles. The fourth-order valence-corrected chi connectivity index (χ4v) is 12.7. The topological polar surface area (TPSA) is 150 Å². The van der Waals surface area contributed by atoms with Crippen molar-refractivity contribution in [2.24, 2.45) is 0 Å². The predicted octanol–water partition coefficient (Wildman–Crippen LogP) is 19.0.